The van der Waals surface area contributed by atoms with E-state index in [1.165, 1.54) is 16.9 Å². The Morgan fingerprint density at radius 2 is 2.00 bits per heavy atom. The van der Waals surface area contributed by atoms with Crippen LogP contribution in [0.2, 0.25) is 0 Å². The van der Waals surface area contributed by atoms with Crippen molar-refractivity contribution in [2.24, 2.45) is 5.73 Å². The van der Waals surface area contributed by atoms with Crippen LogP contribution < -0.4 is 11.1 Å². The predicted molar refractivity (Wildman–Crippen MR) is 109 cm³/mol. The lowest BCUT2D eigenvalue weighted by atomic mass is 10.1. The standard InChI is InChI=1S/C18H17BrN6S/c19-14-4-1-11(2-5-14)7-15(20)10-21-18-25-24-17(26-18)12-3-6-16-13(8-12)9-22-23-16/h1-6,8-9,15H,7,10,20H2,(H,21,25)(H,22,23). The van der Waals surface area contributed by atoms with Gasteiger partial charge < -0.3 is 11.1 Å². The van der Waals surface area contributed by atoms with Gasteiger partial charge in [-0.1, -0.05) is 39.4 Å². The average molecular weight is 429 g/mol. The zero-order valence-electron chi connectivity index (χ0n) is 13.8. The second kappa shape index (κ2) is 7.53. The number of nitrogens with one attached hydrogen (secondary N) is 2. The van der Waals surface area contributed by atoms with Gasteiger partial charge in [-0.2, -0.15) is 5.10 Å². The van der Waals surface area contributed by atoms with Crippen molar-refractivity contribution in [1.29, 1.82) is 0 Å². The summed E-state index contributed by atoms with van der Waals surface area (Å²) in [6.45, 7) is 0.644. The van der Waals surface area contributed by atoms with Crippen molar-refractivity contribution in [3.63, 3.8) is 0 Å². The van der Waals surface area contributed by atoms with Crippen LogP contribution in [0.5, 0.6) is 0 Å². The summed E-state index contributed by atoms with van der Waals surface area (Å²) in [4.78, 5) is 0. The van der Waals surface area contributed by atoms with Gasteiger partial charge in [0.25, 0.3) is 0 Å². The molecule has 132 valence electrons. The summed E-state index contributed by atoms with van der Waals surface area (Å²) >= 11 is 4.96. The van der Waals surface area contributed by atoms with Gasteiger partial charge in [-0.05, 0) is 42.3 Å². The summed E-state index contributed by atoms with van der Waals surface area (Å²) in [6, 6.07) is 14.3. The number of halogens is 1. The van der Waals surface area contributed by atoms with Crippen LogP contribution >= 0.6 is 27.3 Å². The Kier molecular flexibility index (Phi) is 4.96. The first-order valence-corrected chi connectivity index (χ1v) is 9.79. The zero-order valence-corrected chi connectivity index (χ0v) is 16.2. The topological polar surface area (TPSA) is 92.5 Å². The lowest BCUT2D eigenvalue weighted by Crippen LogP contribution is -2.31. The Labute approximate surface area is 163 Å². The molecule has 2 aromatic heterocycles. The number of hydrogen-bond donors (Lipinski definition) is 3. The fourth-order valence-corrected chi connectivity index (χ4v) is 3.71. The van der Waals surface area contributed by atoms with Gasteiger partial charge in [-0.15, -0.1) is 10.2 Å². The smallest absolute Gasteiger partial charge is 0.206 e. The van der Waals surface area contributed by atoms with Crippen LogP contribution in [-0.4, -0.2) is 33.0 Å². The maximum atomic E-state index is 6.23. The van der Waals surface area contributed by atoms with Gasteiger partial charge >= 0.3 is 0 Å². The highest BCUT2D eigenvalue weighted by Gasteiger charge is 2.10. The Bertz CT molecular complexity index is 1010. The molecule has 0 saturated carbocycles. The number of benzene rings is 2. The first-order valence-electron chi connectivity index (χ1n) is 8.18. The molecule has 0 aliphatic carbocycles. The molecule has 4 N–H and O–H groups in total. The van der Waals surface area contributed by atoms with E-state index in [-0.39, 0.29) is 6.04 Å². The summed E-state index contributed by atoms with van der Waals surface area (Å²) < 4.78 is 1.07. The second-order valence-corrected chi connectivity index (χ2v) is 7.95. The van der Waals surface area contributed by atoms with Crippen LogP contribution in [0.25, 0.3) is 21.5 Å². The SMILES string of the molecule is NC(CNc1nnc(-c2ccc3[nH]ncc3c2)s1)Cc1ccc(Br)cc1. The van der Waals surface area contributed by atoms with Crippen LogP contribution in [0, 0.1) is 0 Å². The molecule has 0 saturated heterocycles. The molecule has 4 rings (SSSR count). The third kappa shape index (κ3) is 3.92. The van der Waals surface area contributed by atoms with E-state index in [0.717, 1.165) is 37.5 Å². The molecule has 2 aromatic carbocycles. The molecule has 0 amide bonds. The van der Waals surface area contributed by atoms with Crippen molar-refractivity contribution in [2.45, 2.75) is 12.5 Å². The van der Waals surface area contributed by atoms with Gasteiger partial charge in [0.2, 0.25) is 5.13 Å². The van der Waals surface area contributed by atoms with E-state index in [4.69, 9.17) is 5.73 Å². The highest BCUT2D eigenvalue weighted by Crippen LogP contribution is 2.28. The number of nitrogens with zero attached hydrogens (tertiary/aromatic N) is 3. The van der Waals surface area contributed by atoms with E-state index in [2.05, 4.69) is 59.8 Å². The fraction of sp³-hybridized carbons (Fsp3) is 0.167. The second-order valence-electron chi connectivity index (χ2n) is 6.06. The summed E-state index contributed by atoms with van der Waals surface area (Å²) in [5.41, 5.74) is 9.49. The molecule has 4 aromatic rings. The molecule has 1 atom stereocenters. The minimum absolute atomic E-state index is 0.00538. The summed E-state index contributed by atoms with van der Waals surface area (Å²) in [5.74, 6) is 0. The van der Waals surface area contributed by atoms with Crippen molar-refractivity contribution in [3.8, 4) is 10.6 Å². The number of anilines is 1. The van der Waals surface area contributed by atoms with Gasteiger partial charge in [0, 0.05) is 28.0 Å². The largest absolute Gasteiger partial charge is 0.359 e. The predicted octanol–water partition coefficient (Wildman–Crippen LogP) is 3.83. The lowest BCUT2D eigenvalue weighted by molar-refractivity contribution is 0.698. The molecular formula is C18H17BrN6S. The first kappa shape index (κ1) is 17.1. The number of aromatic nitrogens is 4. The first-order chi connectivity index (χ1) is 12.7. The Hall–Kier alpha value is -2.29. The monoisotopic (exact) mass is 428 g/mol. The van der Waals surface area contributed by atoms with E-state index in [1.54, 1.807) is 6.20 Å². The van der Waals surface area contributed by atoms with Gasteiger partial charge in [0.05, 0.1) is 11.7 Å². The number of nitrogens with two attached hydrogens (primary N) is 1. The molecule has 0 aliphatic heterocycles. The number of hydrogen-bond acceptors (Lipinski definition) is 6. The molecule has 0 fully saturated rings. The molecule has 0 radical (unpaired) electrons. The van der Waals surface area contributed by atoms with Crippen molar-refractivity contribution in [2.75, 3.05) is 11.9 Å². The fourth-order valence-electron chi connectivity index (χ4n) is 2.70. The Morgan fingerprint density at radius 3 is 2.85 bits per heavy atom. The van der Waals surface area contributed by atoms with E-state index in [9.17, 15) is 0 Å². The van der Waals surface area contributed by atoms with E-state index in [0.29, 0.717) is 6.54 Å². The quantitative estimate of drug-likeness (QED) is 0.433. The van der Waals surface area contributed by atoms with Crippen molar-refractivity contribution in [3.05, 3.63) is 58.7 Å². The van der Waals surface area contributed by atoms with E-state index in [1.807, 2.05) is 24.3 Å². The van der Waals surface area contributed by atoms with Crippen molar-refractivity contribution in [1.82, 2.24) is 20.4 Å². The number of rotatable bonds is 6. The molecule has 2 heterocycles. The molecule has 0 aliphatic rings. The van der Waals surface area contributed by atoms with Crippen LogP contribution in [0.1, 0.15) is 5.56 Å². The van der Waals surface area contributed by atoms with Crippen molar-refractivity contribution >= 4 is 43.3 Å². The molecular weight excluding hydrogens is 412 g/mol. The van der Waals surface area contributed by atoms with E-state index >= 15 is 0 Å². The summed E-state index contributed by atoms with van der Waals surface area (Å²) in [7, 11) is 0. The van der Waals surface area contributed by atoms with Gasteiger partial charge in [0.15, 0.2) is 0 Å². The van der Waals surface area contributed by atoms with Crippen LogP contribution in [-0.2, 0) is 6.42 Å². The molecule has 1 unspecified atom stereocenters. The normalized spacial score (nSPS) is 12.4. The van der Waals surface area contributed by atoms with Crippen LogP contribution in [0.15, 0.2) is 53.1 Å². The average Bonchev–Trinajstić information content (AvgIpc) is 3.30. The lowest BCUT2D eigenvalue weighted by Gasteiger charge is -2.12. The molecule has 0 spiro atoms. The van der Waals surface area contributed by atoms with Gasteiger partial charge in [-0.25, -0.2) is 0 Å². The molecule has 8 heteroatoms. The number of fused-ring (bicyclic) bond motifs is 1. The minimum atomic E-state index is 0.00538. The third-order valence-corrected chi connectivity index (χ3v) is 5.50. The van der Waals surface area contributed by atoms with Gasteiger partial charge in [-0.3, -0.25) is 5.10 Å². The molecule has 0 bridgehead atoms. The van der Waals surface area contributed by atoms with Crippen LogP contribution in [0.4, 0.5) is 5.13 Å². The highest BCUT2D eigenvalue weighted by molar-refractivity contribution is 9.10. The van der Waals surface area contributed by atoms with E-state index < -0.39 is 0 Å². The summed E-state index contributed by atoms with van der Waals surface area (Å²) in [5, 5.41) is 21.5. The number of aromatic amines is 1. The van der Waals surface area contributed by atoms with Gasteiger partial charge in [0.1, 0.15) is 5.01 Å². The Balaban J connectivity index is 1.37. The number of H-pyrrole nitrogens is 1. The maximum absolute atomic E-state index is 6.23. The van der Waals surface area contributed by atoms with Crippen LogP contribution in [0.3, 0.4) is 0 Å². The van der Waals surface area contributed by atoms with Crippen molar-refractivity contribution < 1.29 is 0 Å². The Morgan fingerprint density at radius 1 is 1.15 bits per heavy atom. The zero-order chi connectivity index (χ0) is 17.9. The maximum Gasteiger partial charge on any atom is 0.206 e. The molecule has 26 heavy (non-hydrogen) atoms. The minimum Gasteiger partial charge on any atom is -0.359 e. The summed E-state index contributed by atoms with van der Waals surface area (Å²) in [6.07, 6.45) is 2.61. The third-order valence-electron chi connectivity index (χ3n) is 4.04. The highest BCUT2D eigenvalue weighted by atomic mass is 79.9. The molecule has 6 nitrogen and oxygen atoms in total.